The van der Waals surface area contributed by atoms with Crippen LogP contribution < -0.4 is 0 Å². The predicted molar refractivity (Wildman–Crippen MR) is 133 cm³/mol. The van der Waals surface area contributed by atoms with Crippen LogP contribution in [0.5, 0.6) is 0 Å². The summed E-state index contributed by atoms with van der Waals surface area (Å²) in [6, 6.07) is 9.38. The number of allylic oxidation sites excluding steroid dienone is 4. The Bertz CT molecular complexity index is 966. The van der Waals surface area contributed by atoms with E-state index in [1.165, 1.54) is 0 Å². The Morgan fingerprint density at radius 2 is 0.902 bits per heavy atom. The normalized spacial score (nSPS) is 9.66. The van der Waals surface area contributed by atoms with Crippen molar-refractivity contribution in [3.05, 3.63) is 58.6 Å². The van der Waals surface area contributed by atoms with Crippen LogP contribution in [0.2, 0.25) is 0 Å². The number of hydrogen-bond acceptors (Lipinski definition) is 14. The number of rotatable bonds is 2. The molecule has 0 spiro atoms. The van der Waals surface area contributed by atoms with E-state index in [-0.39, 0.29) is 0 Å². The molecular formula is C14H23B6F6FeO14. The van der Waals surface area contributed by atoms with Crippen LogP contribution in [0.25, 0.3) is 0 Å². The molecule has 0 atom stereocenters. The summed E-state index contributed by atoms with van der Waals surface area (Å²) in [5.74, 6) is 0. The number of carbonyl (C=O) groups excluding carboxylic acids is 2. The van der Waals surface area contributed by atoms with Gasteiger partial charge in [0.05, 0.1) is 0 Å². The minimum Gasteiger partial charge on any atom is -0.398 e. The van der Waals surface area contributed by atoms with Gasteiger partial charge in [0.15, 0.2) is 0 Å². The van der Waals surface area contributed by atoms with E-state index in [9.17, 15) is 35.5 Å². The van der Waals surface area contributed by atoms with Gasteiger partial charge in [-0.15, -0.1) is 0 Å². The first-order valence-corrected chi connectivity index (χ1v) is 11.8. The van der Waals surface area contributed by atoms with Gasteiger partial charge in [0, 0.05) is 0 Å². The smallest absolute Gasteiger partial charge is 0.398 e. The Morgan fingerprint density at radius 3 is 1.12 bits per heavy atom. The monoisotopic (exact) mass is 651 g/mol. The molecule has 1 aliphatic rings. The van der Waals surface area contributed by atoms with Gasteiger partial charge in [0.2, 0.25) is 0 Å². The van der Waals surface area contributed by atoms with Crippen LogP contribution in [-0.2, 0) is 21.1 Å². The van der Waals surface area contributed by atoms with Gasteiger partial charge in [0.25, 0.3) is 0 Å². The van der Waals surface area contributed by atoms with Crippen molar-refractivity contribution in [1.82, 2.24) is 0 Å². The zero-order valence-corrected chi connectivity index (χ0v) is 21.3. The second kappa shape index (κ2) is 32.3. The molecule has 0 bridgehead atoms. The zero-order chi connectivity index (χ0) is 33.6. The second-order valence-electron chi connectivity index (χ2n) is 5.32. The molecule has 41 heavy (non-hydrogen) atoms. The van der Waals surface area contributed by atoms with Crippen molar-refractivity contribution in [2.45, 2.75) is 6.42 Å². The van der Waals surface area contributed by atoms with Crippen LogP contribution in [0.3, 0.4) is 0 Å². The fraction of sp³-hybridized carbons (Fsp3) is 0.0714. The molecule has 0 saturated carbocycles. The standard InChI is InChI=1S/C7H6.C5H5.2CO.6BFH2O2.Fe/c1-7-5-3-2-4-6-7;1-2-4-5-3-1;2*1-2;6*2-1(3)4;/h1-6H;1-3H,4H2;;;6*3-4H;. The summed E-state index contributed by atoms with van der Waals surface area (Å²) in [6.45, 7) is 0. The van der Waals surface area contributed by atoms with Gasteiger partial charge in [-0.1, -0.05) is 0 Å². The van der Waals surface area contributed by atoms with E-state index in [2.05, 4.69) is 0 Å². The summed E-state index contributed by atoms with van der Waals surface area (Å²) in [5.41, 5.74) is 0.868. The average Bonchev–Trinajstić information content (AvgIpc) is 3.31. The first kappa shape index (κ1) is 48.5. The molecule has 1 aromatic rings. The third-order valence-corrected chi connectivity index (χ3v) is 5.46. The van der Waals surface area contributed by atoms with Gasteiger partial charge in [-0.2, -0.15) is 0 Å². The fourth-order valence-electron chi connectivity index (χ4n) is 1.54. The van der Waals surface area contributed by atoms with Crippen LogP contribution in [0.4, 0.5) is 25.9 Å². The topological polar surface area (TPSA) is 277 Å². The molecule has 231 valence electrons. The van der Waals surface area contributed by atoms with Crippen LogP contribution in [0, 0.1) is 0 Å². The van der Waals surface area contributed by atoms with E-state index in [0.717, 1.165) is 10.0 Å². The minimum absolute atomic E-state index is 0.647. The fourth-order valence-corrected chi connectivity index (χ4v) is 3.85. The van der Waals surface area contributed by atoms with Gasteiger partial charge >= 0.3 is 145 Å². The maximum absolute atomic E-state index is 11.2. The van der Waals surface area contributed by atoms with E-state index in [1.54, 1.807) is 4.92 Å². The zero-order valence-electron chi connectivity index (χ0n) is 20.2. The molecule has 12 N–H and O–H groups in total. The summed E-state index contributed by atoms with van der Waals surface area (Å²) in [6.07, 6.45) is 6.27. The molecule has 0 amide bonds. The molecule has 1 aromatic carbocycles. The maximum atomic E-state index is 11.2. The predicted octanol–water partition coefficient (Wildman–Crippen LogP) is -4.48. The molecule has 0 fully saturated rings. The first-order valence-electron chi connectivity index (χ1n) is 9.47. The summed E-state index contributed by atoms with van der Waals surface area (Å²) in [5, 5.41) is 83.3. The molecule has 2 rings (SSSR count). The van der Waals surface area contributed by atoms with Gasteiger partial charge in [0.1, 0.15) is 0 Å². The Hall–Kier alpha value is -2.26. The van der Waals surface area contributed by atoms with E-state index < -0.39 is 55.9 Å². The van der Waals surface area contributed by atoms with Gasteiger partial charge in [-0.05, 0) is 0 Å². The molecule has 0 aromatic heterocycles. The summed E-state index contributed by atoms with van der Waals surface area (Å²) in [7, 11) is -16.0. The molecule has 14 nitrogen and oxygen atoms in total. The molecule has 0 unspecified atom stereocenters. The van der Waals surface area contributed by atoms with Crippen LogP contribution in [0.15, 0.2) is 53.0 Å². The van der Waals surface area contributed by atoms with Crippen molar-refractivity contribution in [3.8, 4) is 0 Å². The molecule has 0 heterocycles. The SMILES string of the molecule is O=[C]=[Fe](=[C]=O)(=[CH]c1ccccc1)[C]1=CC=CC1.OB(O)F.OB(O)F.OB(O)F.OB(O)F.OB(O)F.OB(O)F. The Labute approximate surface area is 231 Å². The average molecular weight is 650 g/mol. The van der Waals surface area contributed by atoms with Crippen molar-refractivity contribution in [1.29, 1.82) is 0 Å². The van der Waals surface area contributed by atoms with Gasteiger partial charge in [-0.3, -0.25) is 25.9 Å². The van der Waals surface area contributed by atoms with Crippen LogP contribution in [0.1, 0.15) is 12.0 Å². The first-order chi connectivity index (χ1) is 18.7. The third kappa shape index (κ3) is 54.5. The Morgan fingerprint density at radius 1 is 0.610 bits per heavy atom. The molecular weight excluding hydrogens is 627 g/mol. The largest absolute Gasteiger partial charge is 0.674 e. The molecule has 1 aliphatic carbocycles. The minimum atomic E-state index is -2.83. The maximum Gasteiger partial charge on any atom is 0.674 e. The van der Waals surface area contributed by atoms with Crippen LogP contribution in [-0.4, -0.2) is 119 Å². The number of halogens is 6. The summed E-state index contributed by atoms with van der Waals surface area (Å²) in [4.78, 5) is 28.0. The van der Waals surface area contributed by atoms with Crippen molar-refractivity contribution < 1.29 is 107 Å². The molecule has 0 aliphatic heterocycles. The summed E-state index contributed by atoms with van der Waals surface area (Å²) >= 11 is -2.83. The van der Waals surface area contributed by atoms with E-state index in [0.29, 0.717) is 6.42 Å². The number of benzene rings is 1. The quantitative estimate of drug-likeness (QED) is 0.106. The Kier molecular flexibility index (Phi) is 38.1. The third-order valence-electron chi connectivity index (χ3n) is 2.37. The van der Waals surface area contributed by atoms with Crippen molar-refractivity contribution >= 4 is 58.9 Å². The van der Waals surface area contributed by atoms with Gasteiger partial charge < -0.3 is 60.3 Å². The molecule has 0 saturated heterocycles. The van der Waals surface area contributed by atoms with Crippen LogP contribution >= 0.6 is 0 Å². The van der Waals surface area contributed by atoms with Crippen molar-refractivity contribution in [2.24, 2.45) is 0 Å². The number of hydrogen-bond donors (Lipinski definition) is 12. The molecule has 27 heteroatoms. The van der Waals surface area contributed by atoms with Gasteiger partial charge in [-0.25, -0.2) is 0 Å². The van der Waals surface area contributed by atoms with E-state index in [4.69, 9.17) is 60.3 Å². The van der Waals surface area contributed by atoms with Crippen molar-refractivity contribution in [2.75, 3.05) is 0 Å². The van der Waals surface area contributed by atoms with E-state index >= 15 is 0 Å². The van der Waals surface area contributed by atoms with Crippen molar-refractivity contribution in [3.63, 3.8) is 0 Å². The summed E-state index contributed by atoms with van der Waals surface area (Å²) < 4.78 is 61.5. The van der Waals surface area contributed by atoms with E-state index in [1.807, 2.05) is 58.1 Å². The molecule has 0 radical (unpaired) electrons. The Balaban J connectivity index is -0.000000148. The second-order valence-corrected chi connectivity index (χ2v) is 8.59.